The summed E-state index contributed by atoms with van der Waals surface area (Å²) in [5.41, 5.74) is 6.40. The minimum atomic E-state index is -0.0749. The van der Waals surface area contributed by atoms with Gasteiger partial charge in [0.1, 0.15) is 5.82 Å². The molecule has 5 rings (SSSR count). The van der Waals surface area contributed by atoms with Crippen molar-refractivity contribution in [1.29, 1.82) is 0 Å². The molecule has 5 aromatic rings. The number of nitrogens with one attached hydrogen (secondary N) is 1. The van der Waals surface area contributed by atoms with Gasteiger partial charge in [-0.1, -0.05) is 42.5 Å². The van der Waals surface area contributed by atoms with E-state index in [9.17, 15) is 4.79 Å². The van der Waals surface area contributed by atoms with Crippen LogP contribution in [-0.2, 0) is 6.54 Å². The summed E-state index contributed by atoms with van der Waals surface area (Å²) >= 11 is 1.53. The molecular weight excluding hydrogens is 392 g/mol. The Morgan fingerprint density at radius 3 is 2.50 bits per heavy atom. The third-order valence-corrected chi connectivity index (χ3v) is 5.76. The van der Waals surface area contributed by atoms with Gasteiger partial charge in [0.15, 0.2) is 0 Å². The molecule has 0 unspecified atom stereocenters. The van der Waals surface area contributed by atoms with Gasteiger partial charge in [0, 0.05) is 23.6 Å². The van der Waals surface area contributed by atoms with Crippen molar-refractivity contribution in [3.8, 4) is 11.1 Å². The summed E-state index contributed by atoms with van der Waals surface area (Å²) in [6, 6.07) is 23.9. The van der Waals surface area contributed by atoms with Crippen LogP contribution in [0.25, 0.3) is 21.3 Å². The zero-order valence-electron chi connectivity index (χ0n) is 16.0. The number of benzene rings is 3. The highest BCUT2D eigenvalue weighted by atomic mass is 32.1. The molecule has 0 saturated heterocycles. The summed E-state index contributed by atoms with van der Waals surface area (Å²) in [5, 5.41) is 0. The number of amides is 1. The van der Waals surface area contributed by atoms with Crippen LogP contribution in [0.2, 0.25) is 0 Å². The monoisotopic (exact) mass is 410 g/mol. The van der Waals surface area contributed by atoms with Gasteiger partial charge in [0.2, 0.25) is 0 Å². The number of aromatic amines is 1. The Morgan fingerprint density at radius 2 is 1.73 bits per heavy atom. The van der Waals surface area contributed by atoms with Gasteiger partial charge < -0.3 is 9.88 Å². The molecule has 2 aromatic heterocycles. The number of H-pyrrole nitrogens is 1. The smallest absolute Gasteiger partial charge is 0.258 e. The molecule has 0 aliphatic heterocycles. The third-order valence-electron chi connectivity index (χ3n) is 4.97. The number of carbonyl (C=O) groups excluding carboxylic acids is 1. The molecule has 6 heteroatoms. The van der Waals surface area contributed by atoms with E-state index in [1.165, 1.54) is 11.3 Å². The Kier molecular flexibility index (Phi) is 4.83. The van der Waals surface area contributed by atoms with Crippen LogP contribution in [0.1, 0.15) is 16.2 Å². The molecular formula is C24H18N4OS. The normalized spacial score (nSPS) is 10.9. The maximum Gasteiger partial charge on any atom is 0.258 e. The van der Waals surface area contributed by atoms with E-state index in [0.717, 1.165) is 32.9 Å². The van der Waals surface area contributed by atoms with E-state index >= 15 is 0 Å². The molecule has 0 aliphatic carbocycles. The fraction of sp³-hybridized carbons (Fsp3) is 0.0417. The van der Waals surface area contributed by atoms with Crippen molar-refractivity contribution in [1.82, 2.24) is 15.0 Å². The fourth-order valence-corrected chi connectivity index (χ4v) is 4.14. The van der Waals surface area contributed by atoms with Crippen molar-refractivity contribution in [2.45, 2.75) is 6.54 Å². The van der Waals surface area contributed by atoms with Crippen molar-refractivity contribution in [3.63, 3.8) is 0 Å². The van der Waals surface area contributed by atoms with Gasteiger partial charge >= 0.3 is 0 Å². The Balaban J connectivity index is 1.50. The number of aromatic nitrogens is 3. The number of hydrogen-bond donors (Lipinski definition) is 1. The molecule has 0 bridgehead atoms. The highest BCUT2D eigenvalue weighted by Crippen LogP contribution is 2.26. The predicted octanol–water partition coefficient (Wildman–Crippen LogP) is 5.53. The van der Waals surface area contributed by atoms with Crippen LogP contribution >= 0.6 is 11.3 Å². The lowest BCUT2D eigenvalue weighted by Crippen LogP contribution is -2.30. The van der Waals surface area contributed by atoms with Crippen molar-refractivity contribution in [2.24, 2.45) is 0 Å². The second-order valence-corrected chi connectivity index (χ2v) is 7.76. The van der Waals surface area contributed by atoms with Gasteiger partial charge in [-0.2, -0.15) is 0 Å². The fourth-order valence-electron chi connectivity index (χ4n) is 3.42. The lowest BCUT2D eigenvalue weighted by molar-refractivity contribution is 0.0984. The van der Waals surface area contributed by atoms with E-state index in [2.05, 4.69) is 27.1 Å². The van der Waals surface area contributed by atoms with E-state index in [-0.39, 0.29) is 5.91 Å². The number of carbonyl (C=O) groups is 1. The van der Waals surface area contributed by atoms with Gasteiger partial charge in [-0.05, 0) is 41.5 Å². The second kappa shape index (κ2) is 7.93. The molecule has 2 heterocycles. The summed E-state index contributed by atoms with van der Waals surface area (Å²) in [5.74, 6) is 0.656. The molecule has 3 aromatic carbocycles. The molecule has 0 saturated carbocycles. The van der Waals surface area contributed by atoms with Gasteiger partial charge in [-0.3, -0.25) is 4.79 Å². The first-order valence-electron chi connectivity index (χ1n) is 9.57. The first-order valence-corrected chi connectivity index (χ1v) is 10.4. The molecule has 1 amide bonds. The van der Waals surface area contributed by atoms with Crippen molar-refractivity contribution in [3.05, 3.63) is 102 Å². The van der Waals surface area contributed by atoms with Crippen LogP contribution < -0.4 is 4.90 Å². The van der Waals surface area contributed by atoms with Crippen molar-refractivity contribution >= 4 is 33.1 Å². The van der Waals surface area contributed by atoms with Crippen LogP contribution in [-0.4, -0.2) is 20.9 Å². The summed E-state index contributed by atoms with van der Waals surface area (Å²) in [6.45, 7) is 0.358. The SMILES string of the molecule is O=C(c1ccc2ncsc2c1)N(Cc1ncc[nH]1)c1ccc(-c2ccccc2)cc1. The first-order chi connectivity index (χ1) is 14.8. The zero-order valence-corrected chi connectivity index (χ0v) is 16.8. The lowest BCUT2D eigenvalue weighted by Gasteiger charge is -2.22. The minimum absolute atomic E-state index is 0.0749. The summed E-state index contributed by atoms with van der Waals surface area (Å²) in [7, 11) is 0. The largest absolute Gasteiger partial charge is 0.347 e. The molecule has 30 heavy (non-hydrogen) atoms. The van der Waals surface area contributed by atoms with E-state index in [1.807, 2.05) is 60.7 Å². The number of anilines is 1. The predicted molar refractivity (Wildman–Crippen MR) is 121 cm³/mol. The Labute approximate surface area is 177 Å². The molecule has 0 atom stereocenters. The summed E-state index contributed by atoms with van der Waals surface area (Å²) in [6.07, 6.45) is 3.46. The van der Waals surface area contributed by atoms with Crippen LogP contribution in [0.5, 0.6) is 0 Å². The van der Waals surface area contributed by atoms with Crippen molar-refractivity contribution in [2.75, 3.05) is 4.90 Å². The molecule has 0 radical (unpaired) electrons. The summed E-state index contributed by atoms with van der Waals surface area (Å²) in [4.78, 5) is 26.9. The maximum absolute atomic E-state index is 13.5. The van der Waals surface area contributed by atoms with Gasteiger partial charge in [-0.15, -0.1) is 11.3 Å². The van der Waals surface area contributed by atoms with Crippen LogP contribution in [0.3, 0.4) is 0 Å². The Hall–Kier alpha value is -3.77. The number of hydrogen-bond acceptors (Lipinski definition) is 4. The van der Waals surface area contributed by atoms with E-state index in [4.69, 9.17) is 0 Å². The molecule has 0 aliphatic rings. The quantitative estimate of drug-likeness (QED) is 0.414. The van der Waals surface area contributed by atoms with Crippen molar-refractivity contribution < 1.29 is 4.79 Å². The Bertz CT molecular complexity index is 1280. The van der Waals surface area contributed by atoms with E-state index < -0.39 is 0 Å². The van der Waals surface area contributed by atoms with Gasteiger partial charge in [-0.25, -0.2) is 9.97 Å². The van der Waals surface area contributed by atoms with Gasteiger partial charge in [0.25, 0.3) is 5.91 Å². The molecule has 146 valence electrons. The third kappa shape index (κ3) is 3.60. The Morgan fingerprint density at radius 1 is 0.933 bits per heavy atom. The van der Waals surface area contributed by atoms with E-state index in [0.29, 0.717) is 12.1 Å². The number of imidazole rings is 1. The molecule has 5 nitrogen and oxygen atoms in total. The van der Waals surface area contributed by atoms with Gasteiger partial charge in [0.05, 0.1) is 22.3 Å². The number of nitrogens with zero attached hydrogens (tertiary/aromatic N) is 3. The highest BCUT2D eigenvalue weighted by molar-refractivity contribution is 7.16. The van der Waals surface area contributed by atoms with Crippen LogP contribution in [0, 0.1) is 0 Å². The van der Waals surface area contributed by atoms with E-state index in [1.54, 1.807) is 22.8 Å². The highest BCUT2D eigenvalue weighted by Gasteiger charge is 2.20. The minimum Gasteiger partial charge on any atom is -0.347 e. The first kappa shape index (κ1) is 18.3. The standard InChI is InChI=1S/C24H18N4OS/c29-24(19-8-11-21-22(14-19)30-16-27-21)28(15-23-25-12-13-26-23)20-9-6-18(7-10-20)17-4-2-1-3-5-17/h1-14,16H,15H2,(H,25,26). The average molecular weight is 411 g/mol. The number of rotatable bonds is 5. The molecule has 0 spiro atoms. The topological polar surface area (TPSA) is 61.9 Å². The van der Waals surface area contributed by atoms with Crippen LogP contribution in [0.15, 0.2) is 90.7 Å². The number of fused-ring (bicyclic) bond motifs is 1. The summed E-state index contributed by atoms with van der Waals surface area (Å²) < 4.78 is 0.998. The van der Waals surface area contributed by atoms with Crippen LogP contribution in [0.4, 0.5) is 5.69 Å². The zero-order chi connectivity index (χ0) is 20.3. The average Bonchev–Trinajstić information content (AvgIpc) is 3.49. The second-order valence-electron chi connectivity index (χ2n) is 6.87. The molecule has 0 fully saturated rings. The number of thiazole rings is 1. The lowest BCUT2D eigenvalue weighted by atomic mass is 10.1. The molecule has 1 N–H and O–H groups in total. The maximum atomic E-state index is 13.5.